The molecule has 0 aromatic heterocycles. The van der Waals surface area contributed by atoms with E-state index in [0.717, 1.165) is 11.3 Å². The van der Waals surface area contributed by atoms with E-state index in [2.05, 4.69) is 147 Å². The first kappa shape index (κ1) is 39.3. The molecule has 0 radical (unpaired) electrons. The normalized spacial score (nSPS) is 12.1. The van der Waals surface area contributed by atoms with Gasteiger partial charge in [0.05, 0.1) is 7.11 Å². The first-order chi connectivity index (χ1) is 19.9. The number of hydrogen-bond acceptors (Lipinski definition) is 2. The molecule has 2 heteroatoms. The van der Waals surface area contributed by atoms with Gasteiger partial charge in [0.1, 0.15) is 11.5 Å². The Morgan fingerprint density at radius 1 is 0.523 bits per heavy atom. The molecular formula is C42H66O2. The van der Waals surface area contributed by atoms with Crippen molar-refractivity contribution >= 4 is 0 Å². The van der Waals surface area contributed by atoms with Crippen molar-refractivity contribution in [3.63, 3.8) is 0 Å². The van der Waals surface area contributed by atoms with E-state index in [1.807, 2.05) is 19.1 Å². The minimum atomic E-state index is 0.0881. The SMILES string of the molecule is COc1ccc(C(C)C)c(C(C)(C)C)c1.Cc1cc(C(C)C)c(C(C)(C)C)cc1O.Cc1ccc(C(C)(C)C)c(C(C)C)c1. The van der Waals surface area contributed by atoms with Gasteiger partial charge in [0, 0.05) is 0 Å². The second-order valence-corrected chi connectivity index (χ2v) is 16.5. The zero-order valence-electron chi connectivity index (χ0n) is 31.7. The molecule has 2 nitrogen and oxygen atoms in total. The molecule has 246 valence electrons. The molecule has 0 saturated heterocycles. The Morgan fingerprint density at radius 2 is 0.955 bits per heavy atom. The maximum atomic E-state index is 9.77. The van der Waals surface area contributed by atoms with Crippen molar-refractivity contribution in [2.75, 3.05) is 7.11 Å². The minimum absolute atomic E-state index is 0.0881. The predicted molar refractivity (Wildman–Crippen MR) is 195 cm³/mol. The Balaban J connectivity index is 0.000000330. The lowest BCUT2D eigenvalue weighted by Crippen LogP contribution is -2.15. The summed E-state index contributed by atoms with van der Waals surface area (Å²) in [4.78, 5) is 0. The fourth-order valence-corrected chi connectivity index (χ4v) is 5.50. The van der Waals surface area contributed by atoms with Crippen molar-refractivity contribution in [3.8, 4) is 11.5 Å². The van der Waals surface area contributed by atoms with Crippen molar-refractivity contribution in [2.24, 2.45) is 0 Å². The van der Waals surface area contributed by atoms with E-state index in [9.17, 15) is 5.11 Å². The minimum Gasteiger partial charge on any atom is -0.508 e. The van der Waals surface area contributed by atoms with Gasteiger partial charge in [-0.1, -0.05) is 140 Å². The predicted octanol–water partition coefficient (Wildman–Crippen LogP) is 12.7. The first-order valence-electron chi connectivity index (χ1n) is 16.5. The molecule has 44 heavy (non-hydrogen) atoms. The Morgan fingerprint density at radius 3 is 1.36 bits per heavy atom. The number of aryl methyl sites for hydroxylation is 2. The molecule has 0 unspecified atom stereocenters. The lowest BCUT2D eigenvalue weighted by Gasteiger charge is -2.25. The lowest BCUT2D eigenvalue weighted by atomic mass is 9.80. The molecule has 0 fully saturated rings. The number of rotatable bonds is 4. The number of hydrogen-bond donors (Lipinski definition) is 1. The number of phenolic OH excluding ortho intramolecular Hbond substituents is 1. The topological polar surface area (TPSA) is 29.5 Å². The molecule has 0 aliphatic heterocycles. The summed E-state index contributed by atoms with van der Waals surface area (Å²) in [5, 5.41) is 9.77. The third-order valence-electron chi connectivity index (χ3n) is 8.13. The number of aromatic hydroxyl groups is 1. The zero-order chi connectivity index (χ0) is 34.4. The number of phenols is 1. The monoisotopic (exact) mass is 603 g/mol. The van der Waals surface area contributed by atoms with Crippen molar-refractivity contribution in [1.29, 1.82) is 0 Å². The quantitative estimate of drug-likeness (QED) is 0.322. The molecule has 0 saturated carbocycles. The van der Waals surface area contributed by atoms with E-state index in [4.69, 9.17) is 4.74 Å². The van der Waals surface area contributed by atoms with Crippen LogP contribution in [-0.4, -0.2) is 12.2 Å². The zero-order valence-corrected chi connectivity index (χ0v) is 31.7. The van der Waals surface area contributed by atoms with Crippen LogP contribution in [0.3, 0.4) is 0 Å². The molecule has 0 amide bonds. The summed E-state index contributed by atoms with van der Waals surface area (Å²) in [5.74, 6) is 3.03. The van der Waals surface area contributed by atoms with Crippen molar-refractivity contribution in [3.05, 3.63) is 93.0 Å². The van der Waals surface area contributed by atoms with Crippen LogP contribution in [0.15, 0.2) is 48.5 Å². The van der Waals surface area contributed by atoms with Crippen molar-refractivity contribution in [2.45, 2.75) is 152 Å². The van der Waals surface area contributed by atoms with Gasteiger partial charge >= 0.3 is 0 Å². The number of benzene rings is 3. The van der Waals surface area contributed by atoms with Crippen molar-refractivity contribution < 1.29 is 9.84 Å². The Bertz CT molecular complexity index is 1340. The van der Waals surface area contributed by atoms with Crippen LogP contribution < -0.4 is 4.74 Å². The molecule has 0 heterocycles. The van der Waals surface area contributed by atoms with Crippen LogP contribution in [0.1, 0.15) is 166 Å². The van der Waals surface area contributed by atoms with Gasteiger partial charge in [-0.15, -0.1) is 0 Å². The molecule has 3 aromatic carbocycles. The van der Waals surface area contributed by atoms with Gasteiger partial charge in [-0.2, -0.15) is 0 Å². The lowest BCUT2D eigenvalue weighted by molar-refractivity contribution is 0.412. The second-order valence-electron chi connectivity index (χ2n) is 16.5. The van der Waals surface area contributed by atoms with Crippen LogP contribution in [-0.2, 0) is 16.2 Å². The second kappa shape index (κ2) is 15.5. The average Bonchev–Trinajstić information content (AvgIpc) is 2.88. The first-order valence-corrected chi connectivity index (χ1v) is 16.5. The van der Waals surface area contributed by atoms with Crippen LogP contribution in [0.5, 0.6) is 11.5 Å². The van der Waals surface area contributed by atoms with E-state index < -0.39 is 0 Å². The number of methoxy groups -OCH3 is 1. The largest absolute Gasteiger partial charge is 0.508 e. The summed E-state index contributed by atoms with van der Waals surface area (Å²) >= 11 is 0. The molecule has 1 N–H and O–H groups in total. The fourth-order valence-electron chi connectivity index (χ4n) is 5.50. The van der Waals surface area contributed by atoms with E-state index in [-0.39, 0.29) is 16.2 Å². The van der Waals surface area contributed by atoms with E-state index in [1.165, 1.54) is 38.9 Å². The van der Waals surface area contributed by atoms with Crippen molar-refractivity contribution in [1.82, 2.24) is 0 Å². The molecule has 0 aliphatic carbocycles. The number of ether oxygens (including phenoxy) is 1. The highest BCUT2D eigenvalue weighted by Crippen LogP contribution is 2.35. The van der Waals surface area contributed by atoms with E-state index in [1.54, 1.807) is 7.11 Å². The molecule has 0 atom stereocenters. The molecular weight excluding hydrogens is 536 g/mol. The summed E-state index contributed by atoms with van der Waals surface area (Å²) < 4.78 is 5.28. The Hall–Kier alpha value is -2.74. The van der Waals surface area contributed by atoms with Crippen LogP contribution >= 0.6 is 0 Å². The van der Waals surface area contributed by atoms with Gasteiger partial charge in [-0.05, 0) is 105 Å². The summed E-state index contributed by atoms with van der Waals surface area (Å²) in [7, 11) is 1.72. The van der Waals surface area contributed by atoms with Gasteiger partial charge in [0.15, 0.2) is 0 Å². The highest BCUT2D eigenvalue weighted by atomic mass is 16.5. The average molecular weight is 603 g/mol. The summed E-state index contributed by atoms with van der Waals surface area (Å²) in [6, 6.07) is 17.2. The Labute approximate surface area is 272 Å². The smallest absolute Gasteiger partial charge is 0.119 e. The molecule has 3 rings (SSSR count). The van der Waals surface area contributed by atoms with Gasteiger partial charge in [-0.25, -0.2) is 0 Å². The summed E-state index contributed by atoms with van der Waals surface area (Å²) in [6.07, 6.45) is 0. The van der Waals surface area contributed by atoms with Crippen LogP contribution in [0, 0.1) is 13.8 Å². The summed E-state index contributed by atoms with van der Waals surface area (Å²) in [6.45, 7) is 37.6. The maximum absolute atomic E-state index is 9.77. The third-order valence-corrected chi connectivity index (χ3v) is 8.13. The molecule has 0 aliphatic rings. The van der Waals surface area contributed by atoms with Gasteiger partial charge in [-0.3, -0.25) is 0 Å². The molecule has 0 bridgehead atoms. The van der Waals surface area contributed by atoms with Crippen LogP contribution in [0.2, 0.25) is 0 Å². The van der Waals surface area contributed by atoms with Crippen LogP contribution in [0.25, 0.3) is 0 Å². The van der Waals surface area contributed by atoms with E-state index >= 15 is 0 Å². The highest BCUT2D eigenvalue weighted by Gasteiger charge is 2.22. The third kappa shape index (κ3) is 11.3. The molecule has 0 spiro atoms. The highest BCUT2D eigenvalue weighted by molar-refractivity contribution is 5.45. The standard InChI is InChI=1S/2C14H22O.C14H22/c1-9(2)11-7-10(3)13(15)8-12(11)14(4,5)6;1-10(2)12-8-7-11(15-6)9-13(12)14(3,4)5;1-10(2)12-9-11(3)7-8-13(12)14(4,5)6/h7-9,15H,1-6H3;7-10H,1-6H3;7-10H,1-6H3. The molecule has 3 aromatic rings. The van der Waals surface area contributed by atoms with Gasteiger partial charge in [0.25, 0.3) is 0 Å². The summed E-state index contributed by atoms with van der Waals surface area (Å²) in [5.41, 5.74) is 11.2. The Kier molecular flexibility index (Phi) is 13.8. The van der Waals surface area contributed by atoms with E-state index in [0.29, 0.717) is 23.5 Å². The van der Waals surface area contributed by atoms with Crippen LogP contribution in [0.4, 0.5) is 0 Å². The van der Waals surface area contributed by atoms with Gasteiger partial charge < -0.3 is 9.84 Å². The van der Waals surface area contributed by atoms with Gasteiger partial charge in [0.2, 0.25) is 0 Å². The fraction of sp³-hybridized carbons (Fsp3) is 0.571. The maximum Gasteiger partial charge on any atom is 0.119 e.